The van der Waals surface area contributed by atoms with E-state index in [1.54, 1.807) is 0 Å². The van der Waals surface area contributed by atoms with Crippen LogP contribution in [0.1, 0.15) is 72.1 Å². The first kappa shape index (κ1) is 15.3. The van der Waals surface area contributed by atoms with E-state index in [0.717, 1.165) is 24.3 Å². The Morgan fingerprint density at radius 1 is 1.11 bits per heavy atom. The lowest BCUT2D eigenvalue weighted by Crippen LogP contribution is -2.51. The third-order valence-electron chi connectivity index (χ3n) is 5.23. The fraction of sp³-hybridized carbons (Fsp3) is 1.00. The van der Waals surface area contributed by atoms with Crippen molar-refractivity contribution in [2.24, 2.45) is 11.8 Å². The topological polar surface area (TPSA) is 23.5 Å². The van der Waals surface area contributed by atoms with Crippen molar-refractivity contribution in [3.63, 3.8) is 0 Å². The van der Waals surface area contributed by atoms with Gasteiger partial charge in [-0.25, -0.2) is 0 Å². The number of aliphatic hydroxyl groups excluding tert-OH is 1. The third-order valence-corrected chi connectivity index (χ3v) is 5.23. The van der Waals surface area contributed by atoms with Crippen LogP contribution in [0.15, 0.2) is 0 Å². The van der Waals surface area contributed by atoms with E-state index >= 15 is 0 Å². The first-order valence-electron chi connectivity index (χ1n) is 8.51. The maximum Gasteiger partial charge on any atom is 0.0695 e. The summed E-state index contributed by atoms with van der Waals surface area (Å²) in [6, 6.07) is 1.19. The average molecular weight is 267 g/mol. The monoisotopic (exact) mass is 267 g/mol. The molecular formula is C17H33NO. The molecule has 1 N–H and O–H groups in total. The van der Waals surface area contributed by atoms with Crippen LogP contribution < -0.4 is 0 Å². The van der Waals surface area contributed by atoms with Gasteiger partial charge in [-0.3, -0.25) is 4.90 Å². The second-order valence-electron chi connectivity index (χ2n) is 7.41. The summed E-state index contributed by atoms with van der Waals surface area (Å²) < 4.78 is 0. The van der Waals surface area contributed by atoms with E-state index in [2.05, 4.69) is 25.7 Å². The molecule has 0 aliphatic heterocycles. The lowest BCUT2D eigenvalue weighted by molar-refractivity contribution is -0.0152. The minimum Gasteiger partial charge on any atom is -0.391 e. The maximum atomic E-state index is 10.4. The predicted molar refractivity (Wildman–Crippen MR) is 81.2 cm³/mol. The van der Waals surface area contributed by atoms with Crippen molar-refractivity contribution in [2.45, 2.75) is 90.3 Å². The highest BCUT2D eigenvalue weighted by molar-refractivity contribution is 4.90. The Labute approximate surface area is 119 Å². The van der Waals surface area contributed by atoms with Crippen LogP contribution in [0.2, 0.25) is 0 Å². The van der Waals surface area contributed by atoms with Crippen LogP contribution in [0, 0.1) is 11.8 Å². The Morgan fingerprint density at radius 2 is 1.79 bits per heavy atom. The smallest absolute Gasteiger partial charge is 0.0695 e. The zero-order valence-corrected chi connectivity index (χ0v) is 13.1. The molecule has 0 aromatic heterocycles. The number of hydrogen-bond acceptors (Lipinski definition) is 2. The Balaban J connectivity index is 2.01. The first-order valence-corrected chi connectivity index (χ1v) is 8.51. The van der Waals surface area contributed by atoms with E-state index < -0.39 is 0 Å². The predicted octanol–water partition coefficient (Wildman–Crippen LogP) is 3.83. The normalized spacial score (nSPS) is 33.5. The molecule has 2 heteroatoms. The summed E-state index contributed by atoms with van der Waals surface area (Å²) in [5, 5.41) is 10.4. The van der Waals surface area contributed by atoms with Crippen molar-refractivity contribution >= 4 is 0 Å². The van der Waals surface area contributed by atoms with E-state index in [-0.39, 0.29) is 6.10 Å². The van der Waals surface area contributed by atoms with Gasteiger partial charge in [0.15, 0.2) is 0 Å². The Kier molecular flexibility index (Phi) is 5.70. The second kappa shape index (κ2) is 7.08. The van der Waals surface area contributed by atoms with E-state index in [1.165, 1.54) is 51.5 Å². The van der Waals surface area contributed by atoms with Gasteiger partial charge in [-0.05, 0) is 56.9 Å². The molecule has 2 fully saturated rings. The van der Waals surface area contributed by atoms with Gasteiger partial charge in [-0.15, -0.1) is 0 Å². The lowest BCUT2D eigenvalue weighted by Gasteiger charge is -2.43. The van der Waals surface area contributed by atoms with Gasteiger partial charge in [0.25, 0.3) is 0 Å². The highest BCUT2D eigenvalue weighted by Gasteiger charge is 2.35. The largest absolute Gasteiger partial charge is 0.391 e. The Hall–Kier alpha value is -0.0800. The van der Waals surface area contributed by atoms with Crippen LogP contribution in [-0.2, 0) is 0 Å². The fourth-order valence-electron chi connectivity index (χ4n) is 3.95. The molecule has 0 amide bonds. The van der Waals surface area contributed by atoms with Crippen LogP contribution in [0.4, 0.5) is 0 Å². The molecule has 3 unspecified atom stereocenters. The molecule has 0 radical (unpaired) electrons. The molecule has 19 heavy (non-hydrogen) atoms. The first-order chi connectivity index (χ1) is 9.08. The van der Waals surface area contributed by atoms with Crippen molar-refractivity contribution in [3.05, 3.63) is 0 Å². The van der Waals surface area contributed by atoms with E-state index in [0.29, 0.717) is 6.04 Å². The van der Waals surface area contributed by atoms with Gasteiger partial charge in [-0.1, -0.05) is 33.6 Å². The molecule has 0 aromatic rings. The second-order valence-corrected chi connectivity index (χ2v) is 7.41. The highest BCUT2D eigenvalue weighted by Crippen LogP contribution is 2.33. The van der Waals surface area contributed by atoms with Crippen LogP contribution >= 0.6 is 0 Å². The van der Waals surface area contributed by atoms with Gasteiger partial charge >= 0.3 is 0 Å². The molecular weight excluding hydrogens is 234 g/mol. The maximum absolute atomic E-state index is 10.4. The van der Waals surface area contributed by atoms with Crippen molar-refractivity contribution in [2.75, 3.05) is 6.54 Å². The van der Waals surface area contributed by atoms with Crippen LogP contribution in [0.3, 0.4) is 0 Å². The Bertz CT molecular complexity index is 260. The molecule has 0 aromatic carbocycles. The van der Waals surface area contributed by atoms with Gasteiger partial charge in [-0.2, -0.15) is 0 Å². The molecule has 3 atom stereocenters. The zero-order chi connectivity index (χ0) is 13.8. The molecule has 0 heterocycles. The molecule has 0 bridgehead atoms. The third kappa shape index (κ3) is 4.19. The summed E-state index contributed by atoms with van der Waals surface area (Å²) in [7, 11) is 0. The van der Waals surface area contributed by atoms with Crippen LogP contribution in [0.5, 0.6) is 0 Å². The summed E-state index contributed by atoms with van der Waals surface area (Å²) in [5.74, 6) is 1.55. The molecule has 0 spiro atoms. The van der Waals surface area contributed by atoms with E-state index in [1.807, 2.05) is 0 Å². The summed E-state index contributed by atoms with van der Waals surface area (Å²) in [4.78, 5) is 2.70. The molecule has 2 aliphatic rings. The molecule has 2 saturated carbocycles. The zero-order valence-electron chi connectivity index (χ0n) is 13.1. The minimum atomic E-state index is -0.0797. The van der Waals surface area contributed by atoms with Gasteiger partial charge in [0.1, 0.15) is 0 Å². The number of nitrogens with zero attached hydrogens (tertiary/aromatic N) is 1. The van der Waals surface area contributed by atoms with Crippen molar-refractivity contribution in [3.8, 4) is 0 Å². The van der Waals surface area contributed by atoms with Gasteiger partial charge in [0, 0.05) is 12.1 Å². The number of hydrogen-bond donors (Lipinski definition) is 1. The van der Waals surface area contributed by atoms with Crippen molar-refractivity contribution in [1.29, 1.82) is 0 Å². The molecule has 2 aliphatic carbocycles. The summed E-state index contributed by atoms with van der Waals surface area (Å²) >= 11 is 0. The van der Waals surface area contributed by atoms with Gasteiger partial charge in [0.2, 0.25) is 0 Å². The minimum absolute atomic E-state index is 0.0797. The number of aliphatic hydroxyl groups is 1. The fourth-order valence-corrected chi connectivity index (χ4v) is 3.95. The van der Waals surface area contributed by atoms with Crippen LogP contribution in [0.25, 0.3) is 0 Å². The van der Waals surface area contributed by atoms with E-state index in [4.69, 9.17) is 0 Å². The quantitative estimate of drug-likeness (QED) is 0.818. The van der Waals surface area contributed by atoms with Gasteiger partial charge in [0.05, 0.1) is 6.10 Å². The molecule has 2 nitrogen and oxygen atoms in total. The molecule has 112 valence electrons. The van der Waals surface area contributed by atoms with Crippen LogP contribution in [-0.4, -0.2) is 34.7 Å². The number of rotatable bonds is 5. The van der Waals surface area contributed by atoms with Crippen molar-refractivity contribution < 1.29 is 5.11 Å². The van der Waals surface area contributed by atoms with E-state index in [9.17, 15) is 5.11 Å². The standard InChI is InChI=1S/C17H33NO/c1-13(2)10-11-18(15-6-4-5-7-15)16-12-14(3)8-9-17(16)19/h13-17,19H,4-12H2,1-3H3. The summed E-state index contributed by atoms with van der Waals surface area (Å²) in [6.07, 6.45) is 10.1. The van der Waals surface area contributed by atoms with Crippen molar-refractivity contribution in [1.82, 2.24) is 4.90 Å². The Morgan fingerprint density at radius 3 is 2.42 bits per heavy atom. The van der Waals surface area contributed by atoms with Gasteiger partial charge < -0.3 is 5.11 Å². The lowest BCUT2D eigenvalue weighted by atomic mass is 9.83. The highest BCUT2D eigenvalue weighted by atomic mass is 16.3. The average Bonchev–Trinajstić information content (AvgIpc) is 2.87. The summed E-state index contributed by atoms with van der Waals surface area (Å²) in [6.45, 7) is 8.17. The SMILES string of the molecule is CC(C)CCN(C1CCCC1)C1CC(C)CCC1O. The molecule has 0 saturated heterocycles. The summed E-state index contributed by atoms with van der Waals surface area (Å²) in [5.41, 5.74) is 0. The molecule has 2 rings (SSSR count).